The Morgan fingerprint density at radius 3 is 1.39 bits per heavy atom. The minimum atomic E-state index is -0.899. The standard InChI is InChI=1S/C44H79NO4/c1-4-6-8-10-12-14-16-18-20-22-24-26-28-30-32-34-36-44(48-41-39-45(3)38-40(46)42(47)43(41)49-44)37-35-33-31-29-27-25-23-21-19-17-15-13-11-9-7-5-2/h12-15,18-21,40-43,46-47H,4-11,16-17,22-39H2,1-3H3. The maximum atomic E-state index is 10.9. The van der Waals surface area contributed by atoms with Crippen LogP contribution in [0, 0.1) is 0 Å². The van der Waals surface area contributed by atoms with Gasteiger partial charge in [-0.05, 0) is 84.1 Å². The first-order chi connectivity index (χ1) is 24.0. The van der Waals surface area contributed by atoms with E-state index in [1.807, 2.05) is 7.05 Å². The number of likely N-dealkylation sites (tertiary alicyclic amines) is 1. The Morgan fingerprint density at radius 2 is 0.939 bits per heavy atom. The van der Waals surface area contributed by atoms with Gasteiger partial charge in [-0.25, -0.2) is 0 Å². The molecule has 0 aromatic carbocycles. The normalized spacial score (nSPS) is 25.1. The molecule has 4 atom stereocenters. The Balaban J connectivity index is 1.64. The van der Waals surface area contributed by atoms with Crippen LogP contribution in [0.25, 0.3) is 0 Å². The number of β-amino-alcohol motifs (C(OH)–C–C–N with tert-alkyl or cyclic N) is 1. The molecule has 0 spiro atoms. The lowest BCUT2D eigenvalue weighted by molar-refractivity contribution is -0.201. The minimum absolute atomic E-state index is 0.189. The summed E-state index contributed by atoms with van der Waals surface area (Å²) in [5, 5.41) is 21.5. The van der Waals surface area contributed by atoms with Crippen LogP contribution in [0.5, 0.6) is 0 Å². The molecule has 49 heavy (non-hydrogen) atoms. The number of unbranched alkanes of at least 4 members (excludes halogenated alkanes) is 18. The molecule has 2 heterocycles. The fourth-order valence-electron chi connectivity index (χ4n) is 7.28. The molecule has 0 aromatic rings. The summed E-state index contributed by atoms with van der Waals surface area (Å²) >= 11 is 0. The molecule has 284 valence electrons. The van der Waals surface area contributed by atoms with E-state index in [2.05, 4.69) is 67.4 Å². The molecule has 2 saturated heterocycles. The molecule has 0 radical (unpaired) electrons. The molecule has 0 aliphatic carbocycles. The predicted molar refractivity (Wildman–Crippen MR) is 210 cm³/mol. The van der Waals surface area contributed by atoms with Gasteiger partial charge >= 0.3 is 0 Å². The predicted octanol–water partition coefficient (Wildman–Crippen LogP) is 11.5. The van der Waals surface area contributed by atoms with Crippen molar-refractivity contribution in [1.82, 2.24) is 4.90 Å². The summed E-state index contributed by atoms with van der Waals surface area (Å²) in [5.74, 6) is -0.626. The van der Waals surface area contributed by atoms with Gasteiger partial charge in [0, 0.05) is 25.9 Å². The number of ether oxygens (including phenoxy) is 2. The molecule has 2 N–H and O–H groups in total. The van der Waals surface area contributed by atoms with Gasteiger partial charge in [0.15, 0.2) is 5.79 Å². The second-order valence-corrected chi connectivity index (χ2v) is 15.1. The summed E-state index contributed by atoms with van der Waals surface area (Å²) in [6.45, 7) is 5.65. The van der Waals surface area contributed by atoms with Crippen molar-refractivity contribution in [1.29, 1.82) is 0 Å². The van der Waals surface area contributed by atoms with Gasteiger partial charge in [0.2, 0.25) is 0 Å². The molecule has 4 unspecified atom stereocenters. The Labute approximate surface area is 303 Å². The highest BCUT2D eigenvalue weighted by molar-refractivity contribution is 4.97. The van der Waals surface area contributed by atoms with Gasteiger partial charge in [0.05, 0.1) is 6.10 Å². The van der Waals surface area contributed by atoms with Crippen LogP contribution < -0.4 is 0 Å². The van der Waals surface area contributed by atoms with E-state index in [1.165, 1.54) is 128 Å². The summed E-state index contributed by atoms with van der Waals surface area (Å²) in [5.41, 5.74) is 0. The quantitative estimate of drug-likeness (QED) is 0.0582. The molecule has 0 saturated carbocycles. The van der Waals surface area contributed by atoms with Crippen LogP contribution in [-0.2, 0) is 9.47 Å². The zero-order valence-electron chi connectivity index (χ0n) is 32.4. The van der Waals surface area contributed by atoms with Gasteiger partial charge in [-0.3, -0.25) is 0 Å². The number of aliphatic hydroxyl groups excluding tert-OH is 2. The fourth-order valence-corrected chi connectivity index (χ4v) is 7.28. The van der Waals surface area contributed by atoms with Gasteiger partial charge in [0.25, 0.3) is 0 Å². The zero-order chi connectivity index (χ0) is 35.3. The van der Waals surface area contributed by atoms with E-state index in [4.69, 9.17) is 9.47 Å². The van der Waals surface area contributed by atoms with Gasteiger partial charge < -0.3 is 24.6 Å². The Morgan fingerprint density at radius 1 is 0.531 bits per heavy atom. The maximum absolute atomic E-state index is 10.9. The number of fused-ring (bicyclic) bond motifs is 1. The summed E-state index contributed by atoms with van der Waals surface area (Å²) in [6.07, 6.45) is 47.7. The van der Waals surface area contributed by atoms with Crippen LogP contribution in [0.2, 0.25) is 0 Å². The van der Waals surface area contributed by atoms with Gasteiger partial charge in [-0.15, -0.1) is 0 Å². The third-order valence-electron chi connectivity index (χ3n) is 10.3. The third-order valence-corrected chi connectivity index (χ3v) is 10.3. The average Bonchev–Trinajstić information content (AvgIpc) is 3.40. The van der Waals surface area contributed by atoms with Gasteiger partial charge in [-0.1, -0.05) is 140 Å². The van der Waals surface area contributed by atoms with Crippen LogP contribution in [0.15, 0.2) is 48.6 Å². The summed E-state index contributed by atoms with van der Waals surface area (Å²) in [6, 6.07) is 0. The number of rotatable bonds is 30. The maximum Gasteiger partial charge on any atom is 0.169 e. The van der Waals surface area contributed by atoms with E-state index in [-0.39, 0.29) is 6.10 Å². The van der Waals surface area contributed by atoms with Crippen molar-refractivity contribution < 1.29 is 19.7 Å². The molecular weight excluding hydrogens is 606 g/mol. The van der Waals surface area contributed by atoms with Gasteiger partial charge in [0.1, 0.15) is 18.3 Å². The first-order valence-electron chi connectivity index (χ1n) is 21.0. The van der Waals surface area contributed by atoms with E-state index in [9.17, 15) is 10.2 Å². The number of likely N-dealkylation sites (N-methyl/N-ethyl adjacent to an activating group) is 1. The van der Waals surface area contributed by atoms with Crippen LogP contribution in [-0.4, -0.2) is 65.5 Å². The molecule has 0 bridgehead atoms. The van der Waals surface area contributed by atoms with Gasteiger partial charge in [-0.2, -0.15) is 0 Å². The van der Waals surface area contributed by atoms with Crippen molar-refractivity contribution >= 4 is 0 Å². The SMILES string of the molecule is CCCCCC=CCC=CCCCCCCCCC1(CCCCCCCCC=CCC=CCCCCC)OC2CN(C)CC(O)C(O)C2O1. The monoisotopic (exact) mass is 686 g/mol. The van der Waals surface area contributed by atoms with E-state index in [0.717, 1.165) is 38.5 Å². The van der Waals surface area contributed by atoms with Crippen molar-refractivity contribution in [3.8, 4) is 0 Å². The lowest BCUT2D eigenvalue weighted by Gasteiger charge is -2.31. The minimum Gasteiger partial charge on any atom is -0.389 e. The van der Waals surface area contributed by atoms with Crippen LogP contribution in [0.4, 0.5) is 0 Å². The highest BCUT2D eigenvalue weighted by atomic mass is 16.8. The molecule has 0 amide bonds. The number of hydrogen-bond donors (Lipinski definition) is 2. The highest BCUT2D eigenvalue weighted by Gasteiger charge is 2.52. The first-order valence-corrected chi connectivity index (χ1v) is 21.0. The Hall–Kier alpha value is -1.24. The Kier molecular flexibility index (Phi) is 26.3. The van der Waals surface area contributed by atoms with Crippen LogP contribution in [0.1, 0.15) is 181 Å². The second-order valence-electron chi connectivity index (χ2n) is 15.1. The molecule has 0 aromatic heterocycles. The fraction of sp³-hybridized carbons (Fsp3) is 0.818. The molecule has 5 heteroatoms. The lowest BCUT2D eigenvalue weighted by Crippen LogP contribution is -2.43. The topological polar surface area (TPSA) is 62.2 Å². The first kappa shape index (κ1) is 43.9. The van der Waals surface area contributed by atoms with Crippen molar-refractivity contribution in [3.05, 3.63) is 48.6 Å². The smallest absolute Gasteiger partial charge is 0.169 e. The van der Waals surface area contributed by atoms with Crippen LogP contribution in [0.3, 0.4) is 0 Å². The van der Waals surface area contributed by atoms with E-state index < -0.39 is 24.1 Å². The molecular formula is C44H79NO4. The molecule has 2 rings (SSSR count). The van der Waals surface area contributed by atoms with Crippen molar-refractivity contribution in [2.75, 3.05) is 20.1 Å². The number of hydrogen-bond acceptors (Lipinski definition) is 5. The molecule has 2 aliphatic heterocycles. The second kappa shape index (κ2) is 29.3. The molecule has 2 fully saturated rings. The van der Waals surface area contributed by atoms with Crippen molar-refractivity contribution in [2.45, 2.75) is 211 Å². The summed E-state index contributed by atoms with van der Waals surface area (Å²) < 4.78 is 13.3. The largest absolute Gasteiger partial charge is 0.389 e. The molecule has 2 aliphatic rings. The van der Waals surface area contributed by atoms with E-state index in [0.29, 0.717) is 13.1 Å². The molecule has 5 nitrogen and oxygen atoms in total. The van der Waals surface area contributed by atoms with E-state index in [1.54, 1.807) is 0 Å². The summed E-state index contributed by atoms with van der Waals surface area (Å²) in [4.78, 5) is 2.07. The number of allylic oxidation sites excluding steroid dienone is 8. The third kappa shape index (κ3) is 21.0. The van der Waals surface area contributed by atoms with Crippen molar-refractivity contribution in [2.24, 2.45) is 0 Å². The number of aliphatic hydroxyl groups is 2. The zero-order valence-corrected chi connectivity index (χ0v) is 32.4. The lowest BCUT2D eigenvalue weighted by atomic mass is 9.98. The van der Waals surface area contributed by atoms with E-state index >= 15 is 0 Å². The van der Waals surface area contributed by atoms with Crippen molar-refractivity contribution in [3.63, 3.8) is 0 Å². The summed E-state index contributed by atoms with van der Waals surface area (Å²) in [7, 11) is 1.99. The highest BCUT2D eigenvalue weighted by Crippen LogP contribution is 2.40. The average molecular weight is 686 g/mol. The number of nitrogens with zero attached hydrogens (tertiary/aromatic N) is 1. The van der Waals surface area contributed by atoms with Crippen LogP contribution >= 0.6 is 0 Å². The Bertz CT molecular complexity index is 834.